The smallest absolute Gasteiger partial charge is 0.145 e. The Kier molecular flexibility index (Phi) is 3.86. The Morgan fingerprint density at radius 1 is 1.21 bits per heavy atom. The molecule has 1 aromatic carbocycles. The van der Waals surface area contributed by atoms with E-state index in [-0.39, 0.29) is 0 Å². The van der Waals surface area contributed by atoms with E-state index in [0.717, 1.165) is 36.9 Å². The molecule has 1 aliphatic heterocycles. The highest BCUT2D eigenvalue weighted by Crippen LogP contribution is 2.24. The molecule has 0 amide bonds. The molecule has 0 radical (unpaired) electrons. The molecule has 4 nitrogen and oxygen atoms in total. The summed E-state index contributed by atoms with van der Waals surface area (Å²) in [6.07, 6.45) is 3.79. The van der Waals surface area contributed by atoms with Gasteiger partial charge in [0, 0.05) is 24.9 Å². The van der Waals surface area contributed by atoms with Gasteiger partial charge in [0.15, 0.2) is 0 Å². The van der Waals surface area contributed by atoms with Gasteiger partial charge in [-0.3, -0.25) is 0 Å². The molecule has 2 aromatic rings. The lowest BCUT2D eigenvalue weighted by atomic mass is 10.1. The van der Waals surface area contributed by atoms with Crippen LogP contribution < -0.4 is 0 Å². The molecule has 5 heteroatoms. The van der Waals surface area contributed by atoms with Crippen molar-refractivity contribution in [3.05, 3.63) is 53.4 Å². The first-order chi connectivity index (χ1) is 9.43. The maximum absolute atomic E-state index is 5.38. The van der Waals surface area contributed by atoms with Crippen LogP contribution in [0.15, 0.2) is 42.9 Å². The number of aromatic nitrogens is 2. The van der Waals surface area contributed by atoms with Gasteiger partial charge in [-0.2, -0.15) is 4.37 Å². The third kappa shape index (κ3) is 3.00. The Balaban J connectivity index is 1.94. The molecule has 0 bridgehead atoms. The van der Waals surface area contributed by atoms with E-state index in [1.807, 2.05) is 18.2 Å². The van der Waals surface area contributed by atoms with Gasteiger partial charge < -0.3 is 9.64 Å². The lowest BCUT2D eigenvalue weighted by Crippen LogP contribution is -2.32. The molecule has 0 atom stereocenters. The third-order valence-electron chi connectivity index (χ3n) is 3.03. The van der Waals surface area contributed by atoms with E-state index >= 15 is 0 Å². The maximum atomic E-state index is 5.38. The van der Waals surface area contributed by atoms with Crippen LogP contribution in [0.4, 0.5) is 0 Å². The number of benzene rings is 1. The van der Waals surface area contributed by atoms with Crippen LogP contribution in [0.5, 0.6) is 0 Å². The molecule has 0 N–H and O–H groups in total. The van der Waals surface area contributed by atoms with Crippen LogP contribution in [-0.4, -0.2) is 40.6 Å². The Labute approximate surface area is 116 Å². The van der Waals surface area contributed by atoms with Gasteiger partial charge in [-0.15, -0.1) is 0 Å². The number of rotatable bonds is 3. The Morgan fingerprint density at radius 3 is 2.68 bits per heavy atom. The molecule has 2 heterocycles. The van der Waals surface area contributed by atoms with E-state index in [2.05, 4.69) is 32.6 Å². The molecule has 0 aliphatic carbocycles. The molecule has 19 heavy (non-hydrogen) atoms. The second-order valence-electron chi connectivity index (χ2n) is 4.30. The Morgan fingerprint density at radius 2 is 2.00 bits per heavy atom. The first-order valence-corrected chi connectivity index (χ1v) is 7.07. The number of morpholine rings is 1. The van der Waals surface area contributed by atoms with E-state index in [0.29, 0.717) is 0 Å². The highest BCUT2D eigenvalue weighted by molar-refractivity contribution is 7.06. The van der Waals surface area contributed by atoms with Crippen molar-refractivity contribution in [3.8, 4) is 0 Å². The zero-order valence-corrected chi connectivity index (χ0v) is 11.3. The third-order valence-corrected chi connectivity index (χ3v) is 3.73. The SMILES string of the molecule is C(=C(/c1ccccc1)c1ncns1)/N1CCOCC1. The van der Waals surface area contributed by atoms with Gasteiger partial charge in [0.1, 0.15) is 11.3 Å². The lowest BCUT2D eigenvalue weighted by molar-refractivity contribution is 0.0596. The van der Waals surface area contributed by atoms with Gasteiger partial charge in [0.25, 0.3) is 0 Å². The predicted octanol–water partition coefficient (Wildman–Crippen LogP) is 2.26. The monoisotopic (exact) mass is 273 g/mol. The first-order valence-electron chi connectivity index (χ1n) is 6.29. The van der Waals surface area contributed by atoms with Gasteiger partial charge in [0.2, 0.25) is 0 Å². The van der Waals surface area contributed by atoms with Crippen molar-refractivity contribution >= 4 is 17.1 Å². The van der Waals surface area contributed by atoms with Crippen molar-refractivity contribution in [2.45, 2.75) is 0 Å². The molecule has 1 saturated heterocycles. The van der Waals surface area contributed by atoms with Crippen LogP contribution >= 0.6 is 11.5 Å². The van der Waals surface area contributed by atoms with Crippen molar-refractivity contribution < 1.29 is 4.74 Å². The largest absolute Gasteiger partial charge is 0.378 e. The molecule has 0 saturated carbocycles. The summed E-state index contributed by atoms with van der Waals surface area (Å²) < 4.78 is 9.49. The van der Waals surface area contributed by atoms with Crippen molar-refractivity contribution in [3.63, 3.8) is 0 Å². The number of hydrogen-bond acceptors (Lipinski definition) is 5. The highest BCUT2D eigenvalue weighted by atomic mass is 32.1. The molecule has 0 unspecified atom stereocenters. The van der Waals surface area contributed by atoms with Crippen LogP contribution in [0.2, 0.25) is 0 Å². The van der Waals surface area contributed by atoms with Crippen LogP contribution in [0, 0.1) is 0 Å². The zero-order valence-electron chi connectivity index (χ0n) is 10.5. The Hall–Kier alpha value is -1.72. The predicted molar refractivity (Wildman–Crippen MR) is 75.8 cm³/mol. The summed E-state index contributed by atoms with van der Waals surface area (Å²) in [6, 6.07) is 10.3. The molecule has 1 aromatic heterocycles. The highest BCUT2D eigenvalue weighted by Gasteiger charge is 2.12. The summed E-state index contributed by atoms with van der Waals surface area (Å²) in [7, 11) is 0. The van der Waals surface area contributed by atoms with Crippen molar-refractivity contribution in [2.75, 3.05) is 26.3 Å². The van der Waals surface area contributed by atoms with Gasteiger partial charge in [-0.05, 0) is 17.1 Å². The normalized spacial score (nSPS) is 16.6. The fourth-order valence-corrected chi connectivity index (χ4v) is 2.61. The first kappa shape index (κ1) is 12.3. The van der Waals surface area contributed by atoms with E-state index in [4.69, 9.17) is 4.74 Å². The summed E-state index contributed by atoms with van der Waals surface area (Å²) in [6.45, 7) is 3.42. The average molecular weight is 273 g/mol. The second-order valence-corrected chi connectivity index (χ2v) is 5.08. The summed E-state index contributed by atoms with van der Waals surface area (Å²) >= 11 is 1.43. The minimum absolute atomic E-state index is 0.786. The van der Waals surface area contributed by atoms with E-state index in [9.17, 15) is 0 Å². The quantitative estimate of drug-likeness (QED) is 0.860. The molecule has 0 spiro atoms. The van der Waals surface area contributed by atoms with Gasteiger partial charge in [-0.1, -0.05) is 30.3 Å². The van der Waals surface area contributed by atoms with E-state index in [1.54, 1.807) is 6.33 Å². The topological polar surface area (TPSA) is 38.2 Å². The second kappa shape index (κ2) is 5.95. The molecule has 3 rings (SSSR count). The molecule has 1 aliphatic rings. The van der Waals surface area contributed by atoms with E-state index in [1.165, 1.54) is 17.1 Å². The molecule has 98 valence electrons. The Bertz CT molecular complexity index is 533. The van der Waals surface area contributed by atoms with Gasteiger partial charge >= 0.3 is 0 Å². The fourth-order valence-electron chi connectivity index (χ4n) is 2.05. The van der Waals surface area contributed by atoms with E-state index < -0.39 is 0 Å². The summed E-state index contributed by atoms with van der Waals surface area (Å²) in [5, 5.41) is 0.956. The van der Waals surface area contributed by atoms with Gasteiger partial charge in [0.05, 0.1) is 13.2 Å². The standard InChI is InChI=1S/C14H15N3OS/c1-2-4-12(5-3-1)13(14-15-11-16-19-14)10-17-6-8-18-9-7-17/h1-5,10-11H,6-9H2/b13-10+. The molecular weight excluding hydrogens is 258 g/mol. The van der Waals surface area contributed by atoms with Gasteiger partial charge in [-0.25, -0.2) is 4.98 Å². The van der Waals surface area contributed by atoms with Crippen LogP contribution in [-0.2, 0) is 4.74 Å². The minimum atomic E-state index is 0.786. The van der Waals surface area contributed by atoms with Crippen LogP contribution in [0.25, 0.3) is 5.57 Å². The number of nitrogens with zero attached hydrogens (tertiary/aromatic N) is 3. The summed E-state index contributed by atoms with van der Waals surface area (Å²) in [4.78, 5) is 6.62. The summed E-state index contributed by atoms with van der Waals surface area (Å²) in [5.41, 5.74) is 2.30. The van der Waals surface area contributed by atoms with Crippen LogP contribution in [0.1, 0.15) is 10.6 Å². The van der Waals surface area contributed by atoms with Crippen molar-refractivity contribution in [1.29, 1.82) is 0 Å². The molecular formula is C14H15N3OS. The van der Waals surface area contributed by atoms with Crippen molar-refractivity contribution in [1.82, 2.24) is 14.3 Å². The number of hydrogen-bond donors (Lipinski definition) is 0. The zero-order chi connectivity index (χ0) is 12.9. The minimum Gasteiger partial charge on any atom is -0.378 e. The molecule has 1 fully saturated rings. The average Bonchev–Trinajstić information content (AvgIpc) is 3.01. The lowest BCUT2D eigenvalue weighted by Gasteiger charge is -2.26. The number of ether oxygens (including phenoxy) is 1. The van der Waals surface area contributed by atoms with Crippen LogP contribution in [0.3, 0.4) is 0 Å². The maximum Gasteiger partial charge on any atom is 0.145 e. The fraction of sp³-hybridized carbons (Fsp3) is 0.286. The summed E-state index contributed by atoms with van der Waals surface area (Å²) in [5.74, 6) is 0. The van der Waals surface area contributed by atoms with Crippen molar-refractivity contribution in [2.24, 2.45) is 0 Å².